The number of hydrogen-bond donors (Lipinski definition) is 1. The van der Waals surface area contributed by atoms with Gasteiger partial charge in [-0.1, -0.05) is 19.3 Å². The lowest BCUT2D eigenvalue weighted by Crippen LogP contribution is -2.36. The van der Waals surface area contributed by atoms with Crippen molar-refractivity contribution in [1.29, 1.82) is 0 Å². The van der Waals surface area contributed by atoms with Crippen molar-refractivity contribution < 1.29 is 14.0 Å². The molecule has 1 aromatic carbocycles. The zero-order valence-corrected chi connectivity index (χ0v) is 12.6. The van der Waals surface area contributed by atoms with E-state index in [4.69, 9.17) is 0 Å². The van der Waals surface area contributed by atoms with E-state index in [1.165, 1.54) is 42.3 Å². The van der Waals surface area contributed by atoms with Gasteiger partial charge in [0.05, 0.1) is 11.1 Å². The molecule has 0 spiro atoms. The fourth-order valence-corrected chi connectivity index (χ4v) is 3.15. The number of fused-ring (bicyclic) bond motifs is 1. The summed E-state index contributed by atoms with van der Waals surface area (Å²) >= 11 is 0. The Hall–Kier alpha value is -2.17. The molecule has 1 N–H and O–H groups in total. The number of halogens is 1. The Morgan fingerprint density at radius 1 is 1.23 bits per heavy atom. The number of nitrogens with one attached hydrogen (secondary N) is 1. The van der Waals surface area contributed by atoms with Crippen molar-refractivity contribution >= 4 is 22.7 Å². The van der Waals surface area contributed by atoms with Crippen LogP contribution in [-0.2, 0) is 0 Å². The first-order valence-corrected chi connectivity index (χ1v) is 7.68. The van der Waals surface area contributed by atoms with Crippen LogP contribution in [0.5, 0.6) is 0 Å². The molecule has 116 valence electrons. The third kappa shape index (κ3) is 2.75. The SMILES string of the molecule is CC(=O)n1cc(C(=O)NC2CCCCC2)c2cc(F)ccc21. The molecule has 1 amide bonds. The van der Waals surface area contributed by atoms with Gasteiger partial charge >= 0.3 is 0 Å². The number of amides is 1. The molecule has 0 aliphatic heterocycles. The minimum atomic E-state index is -0.416. The van der Waals surface area contributed by atoms with Crippen molar-refractivity contribution in [1.82, 2.24) is 9.88 Å². The first-order chi connectivity index (χ1) is 10.6. The first kappa shape index (κ1) is 14.8. The summed E-state index contributed by atoms with van der Waals surface area (Å²) in [4.78, 5) is 24.2. The molecule has 1 aromatic heterocycles. The van der Waals surface area contributed by atoms with Crippen molar-refractivity contribution in [2.45, 2.75) is 45.1 Å². The van der Waals surface area contributed by atoms with Crippen LogP contribution < -0.4 is 5.32 Å². The fraction of sp³-hybridized carbons (Fsp3) is 0.412. The van der Waals surface area contributed by atoms with E-state index in [1.54, 1.807) is 0 Å². The van der Waals surface area contributed by atoms with Gasteiger partial charge in [-0.05, 0) is 31.0 Å². The molecule has 0 bridgehead atoms. The average Bonchev–Trinajstić information content (AvgIpc) is 2.87. The summed E-state index contributed by atoms with van der Waals surface area (Å²) in [6.45, 7) is 1.42. The number of carbonyl (C=O) groups excluding carboxylic acids is 2. The van der Waals surface area contributed by atoms with Gasteiger partial charge in [0.1, 0.15) is 5.82 Å². The number of benzene rings is 1. The maximum absolute atomic E-state index is 13.5. The Morgan fingerprint density at radius 2 is 1.95 bits per heavy atom. The summed E-state index contributed by atoms with van der Waals surface area (Å²) in [5.41, 5.74) is 0.915. The highest BCUT2D eigenvalue weighted by Crippen LogP contribution is 2.24. The van der Waals surface area contributed by atoms with E-state index >= 15 is 0 Å². The molecule has 22 heavy (non-hydrogen) atoms. The molecule has 5 heteroatoms. The summed E-state index contributed by atoms with van der Waals surface area (Å²) in [6.07, 6.45) is 6.91. The highest BCUT2D eigenvalue weighted by molar-refractivity contribution is 6.09. The molecule has 0 radical (unpaired) electrons. The number of hydrogen-bond acceptors (Lipinski definition) is 2. The molecule has 1 aliphatic rings. The van der Waals surface area contributed by atoms with Crippen molar-refractivity contribution in [3.8, 4) is 0 Å². The Kier molecular flexibility index (Phi) is 3.96. The van der Waals surface area contributed by atoms with Gasteiger partial charge in [-0.25, -0.2) is 4.39 Å². The molecular weight excluding hydrogens is 283 g/mol. The molecule has 0 saturated heterocycles. The Labute approximate surface area is 128 Å². The molecule has 0 unspecified atom stereocenters. The lowest BCUT2D eigenvalue weighted by atomic mass is 9.95. The third-order valence-corrected chi connectivity index (χ3v) is 4.29. The second-order valence-electron chi connectivity index (χ2n) is 5.90. The molecule has 3 rings (SSSR count). The van der Waals surface area contributed by atoms with Gasteiger partial charge in [0.15, 0.2) is 0 Å². The van der Waals surface area contributed by atoms with E-state index in [2.05, 4.69) is 5.32 Å². The molecular formula is C17H19FN2O2. The summed E-state index contributed by atoms with van der Waals surface area (Å²) in [5, 5.41) is 3.49. The van der Waals surface area contributed by atoms with E-state index in [-0.39, 0.29) is 17.9 Å². The minimum absolute atomic E-state index is 0.172. The Balaban J connectivity index is 1.96. The standard InChI is InChI=1S/C17H19FN2O2/c1-11(21)20-10-15(14-9-12(18)7-8-16(14)20)17(22)19-13-5-3-2-4-6-13/h7-10,13H,2-6H2,1H3,(H,19,22). The molecule has 1 fully saturated rings. The molecule has 4 nitrogen and oxygen atoms in total. The zero-order valence-electron chi connectivity index (χ0n) is 12.6. The molecule has 0 atom stereocenters. The van der Waals surface area contributed by atoms with Crippen molar-refractivity contribution in [2.75, 3.05) is 0 Å². The largest absolute Gasteiger partial charge is 0.349 e. The highest BCUT2D eigenvalue weighted by Gasteiger charge is 2.21. The smallest absolute Gasteiger partial charge is 0.253 e. The van der Waals surface area contributed by atoms with Gasteiger partial charge < -0.3 is 5.32 Å². The lowest BCUT2D eigenvalue weighted by Gasteiger charge is -2.22. The Morgan fingerprint density at radius 3 is 2.64 bits per heavy atom. The van der Waals surface area contributed by atoms with Crippen molar-refractivity contribution in [3.63, 3.8) is 0 Å². The molecule has 1 aliphatic carbocycles. The van der Waals surface area contributed by atoms with Crippen molar-refractivity contribution in [2.24, 2.45) is 0 Å². The lowest BCUT2D eigenvalue weighted by molar-refractivity contribution is 0.0929. The van der Waals surface area contributed by atoms with E-state index in [0.717, 1.165) is 25.7 Å². The quantitative estimate of drug-likeness (QED) is 0.923. The van der Waals surface area contributed by atoms with Crippen LogP contribution in [0.15, 0.2) is 24.4 Å². The van der Waals surface area contributed by atoms with Gasteiger partial charge in [-0.3, -0.25) is 14.2 Å². The summed E-state index contributed by atoms with van der Waals surface area (Å²) < 4.78 is 14.9. The van der Waals surface area contributed by atoms with E-state index in [1.807, 2.05) is 0 Å². The van der Waals surface area contributed by atoms with Gasteiger partial charge in [0.2, 0.25) is 5.91 Å². The zero-order chi connectivity index (χ0) is 15.7. The summed E-state index contributed by atoms with van der Waals surface area (Å²) in [6, 6.07) is 4.31. The monoisotopic (exact) mass is 302 g/mol. The maximum Gasteiger partial charge on any atom is 0.253 e. The van der Waals surface area contributed by atoms with Crippen LogP contribution in [0.25, 0.3) is 10.9 Å². The van der Waals surface area contributed by atoms with Crippen LogP contribution in [0, 0.1) is 5.82 Å². The molecule has 2 aromatic rings. The van der Waals surface area contributed by atoms with Gasteiger partial charge in [-0.15, -0.1) is 0 Å². The highest BCUT2D eigenvalue weighted by atomic mass is 19.1. The molecule has 1 saturated carbocycles. The molecule has 1 heterocycles. The number of nitrogens with zero attached hydrogens (tertiary/aromatic N) is 1. The van der Waals surface area contributed by atoms with E-state index < -0.39 is 5.82 Å². The van der Waals surface area contributed by atoms with Crippen LogP contribution in [0.1, 0.15) is 54.2 Å². The second-order valence-corrected chi connectivity index (χ2v) is 5.90. The van der Waals surface area contributed by atoms with Crippen LogP contribution >= 0.6 is 0 Å². The van der Waals surface area contributed by atoms with E-state index in [0.29, 0.717) is 16.5 Å². The Bertz CT molecular complexity index is 730. The summed E-state index contributed by atoms with van der Waals surface area (Å²) in [7, 11) is 0. The number of rotatable bonds is 2. The topological polar surface area (TPSA) is 51.1 Å². The first-order valence-electron chi connectivity index (χ1n) is 7.68. The predicted molar refractivity (Wildman–Crippen MR) is 82.5 cm³/mol. The second kappa shape index (κ2) is 5.91. The maximum atomic E-state index is 13.5. The number of aromatic nitrogens is 1. The van der Waals surface area contributed by atoms with Gasteiger partial charge in [0.25, 0.3) is 5.91 Å². The van der Waals surface area contributed by atoms with Gasteiger partial charge in [0, 0.05) is 24.5 Å². The number of carbonyl (C=O) groups is 2. The van der Waals surface area contributed by atoms with Crippen LogP contribution in [0.2, 0.25) is 0 Å². The van der Waals surface area contributed by atoms with Crippen molar-refractivity contribution in [3.05, 3.63) is 35.8 Å². The van der Waals surface area contributed by atoms with Gasteiger partial charge in [-0.2, -0.15) is 0 Å². The third-order valence-electron chi connectivity index (χ3n) is 4.29. The summed E-state index contributed by atoms with van der Waals surface area (Å²) in [5.74, 6) is -0.851. The average molecular weight is 302 g/mol. The minimum Gasteiger partial charge on any atom is -0.349 e. The fourth-order valence-electron chi connectivity index (χ4n) is 3.15. The van der Waals surface area contributed by atoms with Crippen LogP contribution in [0.4, 0.5) is 4.39 Å². The van der Waals surface area contributed by atoms with E-state index in [9.17, 15) is 14.0 Å². The predicted octanol–water partition coefficient (Wildman–Crippen LogP) is 3.50. The van der Waals surface area contributed by atoms with Crippen LogP contribution in [0.3, 0.4) is 0 Å². The normalized spacial score (nSPS) is 15.9. The van der Waals surface area contributed by atoms with Crippen LogP contribution in [-0.4, -0.2) is 22.4 Å².